The number of ether oxygens (including phenoxy) is 1. The maximum atomic E-state index is 12.2. The van der Waals surface area contributed by atoms with Gasteiger partial charge in [-0.25, -0.2) is 0 Å². The number of carbonyl (C=O) groups excluding carboxylic acids is 1. The van der Waals surface area contributed by atoms with Crippen LogP contribution in [0.3, 0.4) is 0 Å². The molecule has 2 nitrogen and oxygen atoms in total. The van der Waals surface area contributed by atoms with Crippen LogP contribution in [-0.4, -0.2) is 12.9 Å². The summed E-state index contributed by atoms with van der Waals surface area (Å²) >= 11 is 9.45. The minimum Gasteiger partial charge on any atom is -0.497 e. The molecule has 0 unspecified atom stereocenters. The first-order chi connectivity index (χ1) is 9.10. The smallest absolute Gasteiger partial charge is 0.168 e. The molecule has 2 aromatic carbocycles. The van der Waals surface area contributed by atoms with E-state index in [0.717, 1.165) is 10.0 Å². The van der Waals surface area contributed by atoms with E-state index in [2.05, 4.69) is 15.9 Å². The van der Waals surface area contributed by atoms with Crippen LogP contribution in [-0.2, 0) is 6.42 Å². The molecular formula is C15H12BrClO2. The fourth-order valence-electron chi connectivity index (χ4n) is 1.73. The van der Waals surface area contributed by atoms with Gasteiger partial charge in [-0.2, -0.15) is 0 Å². The highest BCUT2D eigenvalue weighted by Crippen LogP contribution is 2.24. The fraction of sp³-hybridized carbons (Fsp3) is 0.133. The third kappa shape index (κ3) is 3.58. The number of rotatable bonds is 4. The van der Waals surface area contributed by atoms with Crippen molar-refractivity contribution in [2.24, 2.45) is 0 Å². The molecule has 0 aromatic heterocycles. The van der Waals surface area contributed by atoms with E-state index in [-0.39, 0.29) is 5.78 Å². The number of carbonyl (C=O) groups is 1. The van der Waals surface area contributed by atoms with Gasteiger partial charge in [0.2, 0.25) is 0 Å². The van der Waals surface area contributed by atoms with Crippen LogP contribution in [0.5, 0.6) is 5.75 Å². The summed E-state index contributed by atoms with van der Waals surface area (Å²) in [7, 11) is 1.56. The Bertz CT molecular complexity index is 594. The Kier molecular flexibility index (Phi) is 4.61. The Labute approximate surface area is 125 Å². The van der Waals surface area contributed by atoms with Crippen molar-refractivity contribution in [2.45, 2.75) is 6.42 Å². The third-order valence-electron chi connectivity index (χ3n) is 2.75. The number of halogens is 2. The van der Waals surface area contributed by atoms with E-state index in [0.29, 0.717) is 22.8 Å². The summed E-state index contributed by atoms with van der Waals surface area (Å²) in [6.07, 6.45) is 0.333. The second-order valence-electron chi connectivity index (χ2n) is 4.07. The molecule has 0 N–H and O–H groups in total. The molecule has 0 fully saturated rings. The minimum atomic E-state index is -0.00465. The molecule has 2 aromatic rings. The van der Waals surface area contributed by atoms with E-state index in [1.54, 1.807) is 25.3 Å². The van der Waals surface area contributed by atoms with Crippen molar-refractivity contribution >= 4 is 33.3 Å². The molecule has 0 aliphatic rings. The number of ketones is 1. The highest BCUT2D eigenvalue weighted by Gasteiger charge is 2.12. The van der Waals surface area contributed by atoms with Gasteiger partial charge < -0.3 is 4.74 Å². The van der Waals surface area contributed by atoms with Gasteiger partial charge in [0.25, 0.3) is 0 Å². The predicted molar refractivity (Wildman–Crippen MR) is 80.2 cm³/mol. The quantitative estimate of drug-likeness (QED) is 0.765. The van der Waals surface area contributed by atoms with E-state index in [9.17, 15) is 4.79 Å². The average molecular weight is 340 g/mol. The van der Waals surface area contributed by atoms with E-state index >= 15 is 0 Å². The van der Waals surface area contributed by atoms with Gasteiger partial charge >= 0.3 is 0 Å². The van der Waals surface area contributed by atoms with Gasteiger partial charge in [-0.1, -0.05) is 39.7 Å². The zero-order valence-electron chi connectivity index (χ0n) is 10.3. The summed E-state index contributed by atoms with van der Waals surface area (Å²) in [5.74, 6) is 0.639. The number of benzene rings is 2. The molecule has 98 valence electrons. The Morgan fingerprint density at radius 1 is 1.21 bits per heavy atom. The SMILES string of the molecule is COc1ccc(C(=O)Cc2ccc(Br)cc2)c(Cl)c1. The van der Waals surface area contributed by atoms with Crippen molar-refractivity contribution in [1.82, 2.24) is 0 Å². The number of methoxy groups -OCH3 is 1. The molecular weight excluding hydrogens is 328 g/mol. The van der Waals surface area contributed by atoms with Crippen molar-refractivity contribution < 1.29 is 9.53 Å². The van der Waals surface area contributed by atoms with Crippen LogP contribution in [0.2, 0.25) is 5.02 Å². The summed E-state index contributed by atoms with van der Waals surface area (Å²) in [6, 6.07) is 12.7. The monoisotopic (exact) mass is 338 g/mol. The lowest BCUT2D eigenvalue weighted by molar-refractivity contribution is 0.0993. The summed E-state index contributed by atoms with van der Waals surface area (Å²) in [5, 5.41) is 0.418. The third-order valence-corrected chi connectivity index (χ3v) is 3.60. The van der Waals surface area contributed by atoms with Crippen molar-refractivity contribution in [2.75, 3.05) is 7.11 Å². The lowest BCUT2D eigenvalue weighted by atomic mass is 10.0. The lowest BCUT2D eigenvalue weighted by Gasteiger charge is -2.06. The Morgan fingerprint density at radius 3 is 2.47 bits per heavy atom. The summed E-state index contributed by atoms with van der Waals surface area (Å²) in [5.41, 5.74) is 1.48. The molecule has 0 saturated heterocycles. The standard InChI is InChI=1S/C15H12BrClO2/c1-19-12-6-7-13(14(17)9-12)15(18)8-10-2-4-11(16)5-3-10/h2-7,9H,8H2,1H3. The number of hydrogen-bond acceptors (Lipinski definition) is 2. The predicted octanol–water partition coefficient (Wildman–Crippen LogP) is 4.54. The van der Waals surface area contributed by atoms with Gasteiger partial charge in [0, 0.05) is 16.5 Å². The summed E-state index contributed by atoms with van der Waals surface area (Å²) < 4.78 is 6.05. The molecule has 19 heavy (non-hydrogen) atoms. The molecule has 0 bridgehead atoms. The molecule has 0 atom stereocenters. The first-order valence-electron chi connectivity index (χ1n) is 5.71. The molecule has 0 heterocycles. The van der Waals surface area contributed by atoms with Crippen LogP contribution in [0.1, 0.15) is 15.9 Å². The zero-order valence-corrected chi connectivity index (χ0v) is 12.7. The van der Waals surface area contributed by atoms with Gasteiger partial charge in [-0.05, 0) is 35.9 Å². The Hall–Kier alpha value is -1.32. The molecule has 0 aliphatic carbocycles. The second kappa shape index (κ2) is 6.22. The molecule has 0 amide bonds. The van der Waals surface area contributed by atoms with Gasteiger partial charge in [-0.3, -0.25) is 4.79 Å². The molecule has 4 heteroatoms. The maximum absolute atomic E-state index is 12.2. The van der Waals surface area contributed by atoms with E-state index in [1.807, 2.05) is 24.3 Å². The second-order valence-corrected chi connectivity index (χ2v) is 5.40. The summed E-state index contributed by atoms with van der Waals surface area (Å²) in [6.45, 7) is 0. The first-order valence-corrected chi connectivity index (χ1v) is 6.88. The topological polar surface area (TPSA) is 26.3 Å². The van der Waals surface area contributed by atoms with Crippen LogP contribution in [0, 0.1) is 0 Å². The van der Waals surface area contributed by atoms with Crippen LogP contribution < -0.4 is 4.74 Å². The summed E-state index contributed by atoms with van der Waals surface area (Å²) in [4.78, 5) is 12.2. The zero-order chi connectivity index (χ0) is 13.8. The van der Waals surface area contributed by atoms with Crippen LogP contribution >= 0.6 is 27.5 Å². The van der Waals surface area contributed by atoms with Gasteiger partial charge in [-0.15, -0.1) is 0 Å². The van der Waals surface area contributed by atoms with Gasteiger partial charge in [0.15, 0.2) is 5.78 Å². The normalized spacial score (nSPS) is 10.3. The van der Waals surface area contributed by atoms with Crippen LogP contribution in [0.4, 0.5) is 0 Å². The lowest BCUT2D eigenvalue weighted by Crippen LogP contribution is -2.04. The van der Waals surface area contributed by atoms with Crippen molar-refractivity contribution in [1.29, 1.82) is 0 Å². The van der Waals surface area contributed by atoms with Crippen molar-refractivity contribution in [3.63, 3.8) is 0 Å². The Morgan fingerprint density at radius 2 is 1.89 bits per heavy atom. The molecule has 0 aliphatic heterocycles. The van der Waals surface area contributed by atoms with E-state index < -0.39 is 0 Å². The number of hydrogen-bond donors (Lipinski definition) is 0. The minimum absolute atomic E-state index is 0.00465. The first kappa shape index (κ1) is 14.1. The number of Topliss-reactive ketones (excluding diaryl/α,β-unsaturated/α-hetero) is 1. The van der Waals surface area contributed by atoms with Crippen molar-refractivity contribution in [3.05, 3.63) is 63.1 Å². The van der Waals surface area contributed by atoms with Gasteiger partial charge in [0.05, 0.1) is 12.1 Å². The van der Waals surface area contributed by atoms with Crippen molar-refractivity contribution in [3.8, 4) is 5.75 Å². The van der Waals surface area contributed by atoms with E-state index in [4.69, 9.17) is 16.3 Å². The molecule has 0 saturated carbocycles. The fourth-order valence-corrected chi connectivity index (χ4v) is 2.27. The average Bonchev–Trinajstić information content (AvgIpc) is 2.41. The van der Waals surface area contributed by atoms with Gasteiger partial charge in [0.1, 0.15) is 5.75 Å². The molecule has 0 radical (unpaired) electrons. The van der Waals surface area contributed by atoms with Crippen LogP contribution in [0.25, 0.3) is 0 Å². The highest BCUT2D eigenvalue weighted by molar-refractivity contribution is 9.10. The molecule has 2 rings (SSSR count). The van der Waals surface area contributed by atoms with Crippen LogP contribution in [0.15, 0.2) is 46.9 Å². The Balaban J connectivity index is 2.18. The largest absolute Gasteiger partial charge is 0.497 e. The molecule has 0 spiro atoms. The van der Waals surface area contributed by atoms with E-state index in [1.165, 1.54) is 0 Å². The maximum Gasteiger partial charge on any atom is 0.168 e. The highest BCUT2D eigenvalue weighted by atomic mass is 79.9.